The molecule has 1 saturated heterocycles. The number of rotatable bonds is 4. The van der Waals surface area contributed by atoms with Gasteiger partial charge in [0.2, 0.25) is 11.8 Å². The van der Waals surface area contributed by atoms with Gasteiger partial charge in [-0.1, -0.05) is 24.6 Å². The minimum atomic E-state index is -4.56. The number of aromatic nitrogens is 4. The maximum absolute atomic E-state index is 13.7. The van der Waals surface area contributed by atoms with Crippen LogP contribution in [0.5, 0.6) is 0 Å². The van der Waals surface area contributed by atoms with Gasteiger partial charge in [0.25, 0.3) is 0 Å². The Morgan fingerprint density at radius 2 is 2.00 bits per heavy atom. The summed E-state index contributed by atoms with van der Waals surface area (Å²) in [6.07, 6.45) is -2.13. The molecule has 1 aliphatic heterocycles. The van der Waals surface area contributed by atoms with Gasteiger partial charge in [0.15, 0.2) is 0 Å². The Balaban J connectivity index is 1.36. The summed E-state index contributed by atoms with van der Waals surface area (Å²) in [5.41, 5.74) is 5.59. The SMILES string of the molecule is C[C@@]12C[C@@H](C(=O)Nc3cccc(Cl)n3)N(C(=O)Cn3c4ccc(C(F)(F)F)cc4c4c(N)ncnc43)[C@@H]1C2. The van der Waals surface area contributed by atoms with Gasteiger partial charge < -0.3 is 20.5 Å². The summed E-state index contributed by atoms with van der Waals surface area (Å²) in [6.45, 7) is 1.78. The molecule has 13 heteroatoms. The normalized spacial score (nSPS) is 22.6. The number of hydrogen-bond acceptors (Lipinski definition) is 6. The number of pyridine rings is 1. The van der Waals surface area contributed by atoms with E-state index in [9.17, 15) is 22.8 Å². The third kappa shape index (κ3) is 3.90. The van der Waals surface area contributed by atoms with E-state index >= 15 is 0 Å². The zero-order valence-electron chi connectivity index (χ0n) is 20.0. The fourth-order valence-corrected chi connectivity index (χ4v) is 5.70. The molecule has 3 aromatic heterocycles. The second kappa shape index (κ2) is 8.29. The molecule has 2 fully saturated rings. The predicted octanol–water partition coefficient (Wildman–Crippen LogP) is 4.25. The maximum atomic E-state index is 13.7. The van der Waals surface area contributed by atoms with Crippen LogP contribution in [-0.2, 0) is 22.3 Å². The van der Waals surface area contributed by atoms with Crippen LogP contribution >= 0.6 is 11.6 Å². The van der Waals surface area contributed by atoms with Crippen LogP contribution in [0.4, 0.5) is 24.8 Å². The number of nitrogens with one attached hydrogen (secondary N) is 1. The number of nitrogens with two attached hydrogens (primary N) is 1. The van der Waals surface area contributed by atoms with Crippen LogP contribution in [-0.4, -0.2) is 48.3 Å². The van der Waals surface area contributed by atoms with E-state index < -0.39 is 17.8 Å². The number of halogens is 4. The van der Waals surface area contributed by atoms with Gasteiger partial charge in [-0.15, -0.1) is 0 Å². The van der Waals surface area contributed by atoms with Crippen LogP contribution in [0.2, 0.25) is 5.15 Å². The molecular formula is C25H21ClF3N7O2. The van der Waals surface area contributed by atoms with Crippen LogP contribution in [0.1, 0.15) is 25.3 Å². The number of fused-ring (bicyclic) bond motifs is 4. The second-order valence-electron chi connectivity index (χ2n) is 10.0. The first kappa shape index (κ1) is 24.4. The number of likely N-dealkylation sites (tertiary alicyclic amines) is 1. The third-order valence-electron chi connectivity index (χ3n) is 7.48. The number of benzene rings is 1. The molecule has 1 saturated carbocycles. The Labute approximate surface area is 218 Å². The quantitative estimate of drug-likeness (QED) is 0.371. The van der Waals surface area contributed by atoms with Crippen molar-refractivity contribution in [2.24, 2.45) is 5.41 Å². The van der Waals surface area contributed by atoms with Gasteiger partial charge in [0.05, 0.1) is 16.5 Å². The zero-order chi connectivity index (χ0) is 27.0. The summed E-state index contributed by atoms with van der Waals surface area (Å²) in [5.74, 6) is -0.458. The van der Waals surface area contributed by atoms with Crippen molar-refractivity contribution in [2.75, 3.05) is 11.1 Å². The number of piperidine rings is 1. The average molecular weight is 544 g/mol. The molecular weight excluding hydrogens is 523 g/mol. The number of hydrogen-bond donors (Lipinski definition) is 2. The Hall–Kier alpha value is -3.93. The zero-order valence-corrected chi connectivity index (χ0v) is 20.7. The first-order chi connectivity index (χ1) is 18.0. The number of carbonyl (C=O) groups is 2. The summed E-state index contributed by atoms with van der Waals surface area (Å²) >= 11 is 5.93. The van der Waals surface area contributed by atoms with Crippen LogP contribution in [0.25, 0.3) is 21.9 Å². The highest BCUT2D eigenvalue weighted by Gasteiger charge is 2.64. The lowest BCUT2D eigenvalue weighted by atomic mass is 10.0. The van der Waals surface area contributed by atoms with Crippen LogP contribution < -0.4 is 11.1 Å². The molecule has 4 heterocycles. The highest BCUT2D eigenvalue weighted by molar-refractivity contribution is 6.29. The predicted molar refractivity (Wildman–Crippen MR) is 134 cm³/mol. The Bertz CT molecular complexity index is 1640. The Kier molecular flexibility index (Phi) is 5.32. The van der Waals surface area contributed by atoms with E-state index in [2.05, 4.69) is 20.3 Å². The minimum absolute atomic E-state index is 0.00717. The van der Waals surface area contributed by atoms with Crippen molar-refractivity contribution in [3.63, 3.8) is 0 Å². The molecule has 6 rings (SSSR count). The average Bonchev–Trinajstić information content (AvgIpc) is 3.25. The van der Waals surface area contributed by atoms with Gasteiger partial charge in [0.1, 0.15) is 41.3 Å². The van der Waals surface area contributed by atoms with Crippen molar-refractivity contribution < 1.29 is 22.8 Å². The molecule has 4 aromatic rings. The van der Waals surface area contributed by atoms with Gasteiger partial charge in [0, 0.05) is 11.4 Å². The Morgan fingerprint density at radius 1 is 1.21 bits per heavy atom. The molecule has 1 aromatic carbocycles. The lowest BCUT2D eigenvalue weighted by Crippen LogP contribution is -2.46. The molecule has 0 radical (unpaired) electrons. The van der Waals surface area contributed by atoms with E-state index in [0.717, 1.165) is 18.6 Å². The summed E-state index contributed by atoms with van der Waals surface area (Å²) in [4.78, 5) is 40.8. The Morgan fingerprint density at radius 3 is 2.74 bits per heavy atom. The molecule has 1 aliphatic carbocycles. The summed E-state index contributed by atoms with van der Waals surface area (Å²) in [7, 11) is 0. The fraction of sp³-hybridized carbons (Fsp3) is 0.320. The largest absolute Gasteiger partial charge is 0.416 e. The van der Waals surface area contributed by atoms with Gasteiger partial charge in [-0.2, -0.15) is 13.2 Å². The number of nitrogen functional groups attached to an aromatic ring is 1. The molecule has 0 unspecified atom stereocenters. The topological polar surface area (TPSA) is 119 Å². The summed E-state index contributed by atoms with van der Waals surface area (Å²) in [6, 6.07) is 7.21. The van der Waals surface area contributed by atoms with Crippen molar-refractivity contribution >= 4 is 57.0 Å². The van der Waals surface area contributed by atoms with Crippen LogP contribution in [0.15, 0.2) is 42.7 Å². The van der Waals surface area contributed by atoms with Crippen LogP contribution in [0.3, 0.4) is 0 Å². The van der Waals surface area contributed by atoms with Crippen molar-refractivity contribution in [1.82, 2.24) is 24.4 Å². The number of alkyl halides is 3. The minimum Gasteiger partial charge on any atom is -0.383 e. The molecule has 3 atom stereocenters. The standard InChI is InChI=1S/C25H21ClF3N7O2/c1-24-8-15(23(38)34-18-4-2-3-17(26)33-18)36(16(24)9-24)19(37)10-35-14-6-5-12(25(27,28)29)7-13(14)20-21(30)31-11-32-22(20)35/h2-7,11,15-16H,8-10H2,1H3,(H2,30,31,32)(H,33,34,38)/t15-,16+,24-/m0/s1. The number of nitrogens with zero attached hydrogens (tertiary/aromatic N) is 5. The number of carbonyl (C=O) groups excluding carboxylic acids is 2. The van der Waals surface area contributed by atoms with Gasteiger partial charge in [-0.25, -0.2) is 15.0 Å². The monoisotopic (exact) mass is 543 g/mol. The van der Waals surface area contributed by atoms with Gasteiger partial charge >= 0.3 is 6.18 Å². The van der Waals surface area contributed by atoms with E-state index in [1.165, 1.54) is 17.0 Å². The molecule has 38 heavy (non-hydrogen) atoms. The lowest BCUT2D eigenvalue weighted by Gasteiger charge is -2.27. The second-order valence-corrected chi connectivity index (χ2v) is 10.4. The number of amides is 2. The van der Waals surface area contributed by atoms with Gasteiger partial charge in [-0.05, 0) is 48.6 Å². The van der Waals surface area contributed by atoms with E-state index in [4.69, 9.17) is 17.3 Å². The van der Waals surface area contributed by atoms with Gasteiger partial charge in [-0.3, -0.25) is 9.59 Å². The van der Waals surface area contributed by atoms with E-state index in [-0.39, 0.29) is 63.0 Å². The first-order valence-electron chi connectivity index (χ1n) is 11.8. The smallest absolute Gasteiger partial charge is 0.383 e. The van der Waals surface area contributed by atoms with Crippen molar-refractivity contribution in [3.8, 4) is 0 Å². The van der Waals surface area contributed by atoms with E-state index in [0.29, 0.717) is 11.9 Å². The lowest BCUT2D eigenvalue weighted by molar-refractivity contribution is -0.138. The molecule has 0 spiro atoms. The highest BCUT2D eigenvalue weighted by atomic mass is 35.5. The van der Waals surface area contributed by atoms with Crippen molar-refractivity contribution in [2.45, 2.75) is 44.6 Å². The highest BCUT2D eigenvalue weighted by Crippen LogP contribution is 2.59. The van der Waals surface area contributed by atoms with E-state index in [1.807, 2.05) is 6.92 Å². The number of anilines is 2. The summed E-state index contributed by atoms with van der Waals surface area (Å²) in [5, 5.41) is 3.39. The van der Waals surface area contributed by atoms with E-state index in [1.54, 1.807) is 23.1 Å². The first-order valence-corrected chi connectivity index (χ1v) is 12.2. The molecule has 3 N–H and O–H groups in total. The molecule has 9 nitrogen and oxygen atoms in total. The molecule has 0 bridgehead atoms. The fourth-order valence-electron chi connectivity index (χ4n) is 5.54. The molecule has 2 amide bonds. The maximum Gasteiger partial charge on any atom is 0.416 e. The van der Waals surface area contributed by atoms with Crippen molar-refractivity contribution in [1.29, 1.82) is 0 Å². The van der Waals surface area contributed by atoms with Crippen molar-refractivity contribution in [3.05, 3.63) is 53.4 Å². The third-order valence-corrected chi connectivity index (χ3v) is 7.69. The molecule has 2 aliphatic rings. The molecule has 196 valence electrons. The summed E-state index contributed by atoms with van der Waals surface area (Å²) < 4.78 is 41.8. The van der Waals surface area contributed by atoms with Crippen LogP contribution in [0, 0.1) is 5.41 Å².